The molecule has 1 unspecified atom stereocenters. The van der Waals surface area contributed by atoms with Crippen LogP contribution in [0, 0.1) is 5.82 Å². The normalized spacial score (nSPS) is 22.8. The summed E-state index contributed by atoms with van der Waals surface area (Å²) in [4.78, 5) is 23.1. The maximum absolute atomic E-state index is 13.2. The van der Waals surface area contributed by atoms with Crippen molar-refractivity contribution < 1.29 is 19.1 Å². The fraction of sp³-hybridized carbons (Fsp3) is 0.333. The van der Waals surface area contributed by atoms with Gasteiger partial charge < -0.3 is 10.4 Å². The monoisotopic (exact) mass is 267 g/mol. The third kappa shape index (κ3) is 2.37. The highest BCUT2D eigenvalue weighted by molar-refractivity contribution is 6.06. The number of carbonyl (C=O) groups is 2. The Bertz CT molecular complexity index is 549. The van der Waals surface area contributed by atoms with Crippen LogP contribution in [0.5, 0.6) is 5.75 Å². The standard InChI is InChI=1S/C12H14FN3O3/c1-12(10(18)16(14)11(19)15-12)5-4-7-2-3-9(17)8(13)6-7/h2-3,6,17H,4-5,14H2,1H3,(H,15,19). The Hall–Kier alpha value is -2.15. The van der Waals surface area contributed by atoms with E-state index in [1.165, 1.54) is 12.1 Å². The SMILES string of the molecule is CC1(CCc2ccc(O)c(F)c2)NC(=O)N(N)C1=O. The van der Waals surface area contributed by atoms with Gasteiger partial charge in [-0.1, -0.05) is 6.07 Å². The summed E-state index contributed by atoms with van der Waals surface area (Å²) in [7, 11) is 0. The summed E-state index contributed by atoms with van der Waals surface area (Å²) in [6, 6.07) is 3.35. The van der Waals surface area contributed by atoms with Gasteiger partial charge in [-0.15, -0.1) is 0 Å². The van der Waals surface area contributed by atoms with Crippen LogP contribution in [0.3, 0.4) is 0 Å². The molecule has 0 radical (unpaired) electrons. The Morgan fingerprint density at radius 1 is 1.47 bits per heavy atom. The first kappa shape index (κ1) is 13.3. The van der Waals surface area contributed by atoms with E-state index in [2.05, 4.69) is 5.32 Å². The average molecular weight is 267 g/mol. The van der Waals surface area contributed by atoms with Crippen molar-refractivity contribution in [1.29, 1.82) is 0 Å². The number of hydrogen-bond acceptors (Lipinski definition) is 4. The molecule has 19 heavy (non-hydrogen) atoms. The molecule has 0 aliphatic carbocycles. The summed E-state index contributed by atoms with van der Waals surface area (Å²) in [5.41, 5.74) is -0.464. The first-order chi connectivity index (χ1) is 8.83. The molecule has 0 bridgehead atoms. The third-order valence-electron chi connectivity index (χ3n) is 3.22. The number of halogens is 1. The molecule has 0 saturated carbocycles. The van der Waals surface area contributed by atoms with E-state index in [9.17, 15) is 14.0 Å². The zero-order chi connectivity index (χ0) is 14.2. The first-order valence-corrected chi connectivity index (χ1v) is 5.72. The van der Waals surface area contributed by atoms with Crippen LogP contribution >= 0.6 is 0 Å². The molecule has 1 aromatic rings. The molecule has 7 heteroatoms. The highest BCUT2D eigenvalue weighted by Crippen LogP contribution is 2.23. The van der Waals surface area contributed by atoms with Crippen molar-refractivity contribution in [3.8, 4) is 5.75 Å². The second-order valence-corrected chi connectivity index (χ2v) is 4.72. The van der Waals surface area contributed by atoms with Gasteiger partial charge >= 0.3 is 6.03 Å². The van der Waals surface area contributed by atoms with Gasteiger partial charge in [0.2, 0.25) is 0 Å². The lowest BCUT2D eigenvalue weighted by molar-refractivity contribution is -0.131. The highest BCUT2D eigenvalue weighted by Gasteiger charge is 2.46. The molecule has 1 aliphatic rings. The van der Waals surface area contributed by atoms with E-state index in [0.717, 1.165) is 0 Å². The van der Waals surface area contributed by atoms with E-state index in [-0.39, 0.29) is 6.42 Å². The van der Waals surface area contributed by atoms with Crippen molar-refractivity contribution in [1.82, 2.24) is 10.3 Å². The highest BCUT2D eigenvalue weighted by atomic mass is 19.1. The largest absolute Gasteiger partial charge is 0.505 e. The summed E-state index contributed by atoms with van der Waals surface area (Å²) in [6.07, 6.45) is 0.656. The Morgan fingerprint density at radius 2 is 2.16 bits per heavy atom. The smallest absolute Gasteiger partial charge is 0.339 e. The van der Waals surface area contributed by atoms with Crippen LogP contribution < -0.4 is 11.2 Å². The molecule has 1 saturated heterocycles. The topological polar surface area (TPSA) is 95.7 Å². The van der Waals surface area contributed by atoms with E-state index in [0.29, 0.717) is 17.0 Å². The summed E-state index contributed by atoms with van der Waals surface area (Å²) in [6.45, 7) is 1.57. The second-order valence-electron chi connectivity index (χ2n) is 4.72. The predicted molar refractivity (Wildman–Crippen MR) is 64.4 cm³/mol. The number of aromatic hydroxyl groups is 1. The maximum atomic E-state index is 13.2. The molecule has 1 heterocycles. The van der Waals surface area contributed by atoms with E-state index < -0.39 is 29.0 Å². The van der Waals surface area contributed by atoms with Crippen LogP contribution in [0.25, 0.3) is 0 Å². The van der Waals surface area contributed by atoms with Crippen molar-refractivity contribution in [2.24, 2.45) is 5.84 Å². The van der Waals surface area contributed by atoms with Crippen LogP contribution in [0.1, 0.15) is 18.9 Å². The molecule has 1 aliphatic heterocycles. The van der Waals surface area contributed by atoms with E-state index in [1.807, 2.05) is 0 Å². The van der Waals surface area contributed by atoms with Gasteiger partial charge in [0.25, 0.3) is 5.91 Å². The minimum atomic E-state index is -1.08. The molecule has 0 aromatic heterocycles. The fourth-order valence-electron chi connectivity index (χ4n) is 1.98. The molecule has 1 atom stereocenters. The van der Waals surface area contributed by atoms with Gasteiger partial charge in [0.15, 0.2) is 11.6 Å². The number of nitrogens with two attached hydrogens (primary N) is 1. The summed E-state index contributed by atoms with van der Waals surface area (Å²) < 4.78 is 13.2. The summed E-state index contributed by atoms with van der Waals surface area (Å²) in [5.74, 6) is 3.63. The number of nitrogens with zero attached hydrogens (tertiary/aromatic N) is 1. The van der Waals surface area contributed by atoms with Crippen LogP contribution in [0.15, 0.2) is 18.2 Å². The number of imide groups is 1. The number of aryl methyl sites for hydroxylation is 1. The number of nitrogens with one attached hydrogen (secondary N) is 1. The van der Waals surface area contributed by atoms with Crippen LogP contribution in [0.2, 0.25) is 0 Å². The van der Waals surface area contributed by atoms with Gasteiger partial charge in [-0.2, -0.15) is 5.01 Å². The van der Waals surface area contributed by atoms with Gasteiger partial charge in [-0.25, -0.2) is 15.0 Å². The molecule has 4 N–H and O–H groups in total. The molecule has 102 valence electrons. The van der Waals surface area contributed by atoms with Crippen LogP contribution in [-0.4, -0.2) is 27.6 Å². The van der Waals surface area contributed by atoms with E-state index >= 15 is 0 Å². The lowest BCUT2D eigenvalue weighted by Gasteiger charge is -2.20. The van der Waals surface area contributed by atoms with Crippen molar-refractivity contribution >= 4 is 11.9 Å². The molecule has 1 aromatic carbocycles. The number of hydrazine groups is 1. The summed E-state index contributed by atoms with van der Waals surface area (Å²) >= 11 is 0. The number of urea groups is 1. The molecule has 6 nitrogen and oxygen atoms in total. The second kappa shape index (κ2) is 4.51. The summed E-state index contributed by atoms with van der Waals surface area (Å²) in [5, 5.41) is 12.1. The van der Waals surface area contributed by atoms with E-state index in [4.69, 9.17) is 10.9 Å². The van der Waals surface area contributed by atoms with Gasteiger partial charge in [0, 0.05) is 0 Å². The van der Waals surface area contributed by atoms with Crippen LogP contribution in [0.4, 0.5) is 9.18 Å². The molecule has 3 amide bonds. The number of carbonyl (C=O) groups excluding carboxylic acids is 2. The minimum Gasteiger partial charge on any atom is -0.505 e. The fourth-order valence-corrected chi connectivity index (χ4v) is 1.98. The van der Waals surface area contributed by atoms with Crippen molar-refractivity contribution in [3.05, 3.63) is 29.6 Å². The van der Waals surface area contributed by atoms with Crippen molar-refractivity contribution in [2.45, 2.75) is 25.3 Å². The van der Waals surface area contributed by atoms with Gasteiger partial charge in [-0.05, 0) is 37.5 Å². The molecule has 0 spiro atoms. The van der Waals surface area contributed by atoms with E-state index in [1.54, 1.807) is 13.0 Å². The Balaban J connectivity index is 2.08. The molecule has 1 fully saturated rings. The number of phenols is 1. The van der Waals surface area contributed by atoms with Gasteiger partial charge in [0.05, 0.1) is 0 Å². The van der Waals surface area contributed by atoms with Gasteiger partial charge in [-0.3, -0.25) is 4.79 Å². The zero-order valence-corrected chi connectivity index (χ0v) is 10.3. The number of amides is 3. The third-order valence-corrected chi connectivity index (χ3v) is 3.22. The van der Waals surface area contributed by atoms with Crippen LogP contribution in [-0.2, 0) is 11.2 Å². The zero-order valence-electron chi connectivity index (χ0n) is 10.3. The van der Waals surface area contributed by atoms with Crippen molar-refractivity contribution in [2.75, 3.05) is 0 Å². The van der Waals surface area contributed by atoms with Gasteiger partial charge in [0.1, 0.15) is 5.54 Å². The molecular formula is C12H14FN3O3. The Labute approximate surface area is 109 Å². The average Bonchev–Trinajstić information content (AvgIpc) is 2.56. The quantitative estimate of drug-likeness (QED) is 0.425. The number of phenolic OH excluding ortho intramolecular Hbond substituents is 1. The Morgan fingerprint density at radius 3 is 2.68 bits per heavy atom. The predicted octanol–water partition coefficient (Wildman–Crippen LogP) is 0.648. The first-order valence-electron chi connectivity index (χ1n) is 5.72. The Kier molecular flexibility index (Phi) is 3.15. The minimum absolute atomic E-state index is 0.287. The lowest BCUT2D eigenvalue weighted by atomic mass is 9.93. The number of benzene rings is 1. The van der Waals surface area contributed by atoms with Crippen molar-refractivity contribution in [3.63, 3.8) is 0 Å². The number of rotatable bonds is 3. The molecular weight excluding hydrogens is 253 g/mol. The lowest BCUT2D eigenvalue weighted by Crippen LogP contribution is -2.45. The maximum Gasteiger partial charge on any atom is 0.339 e. The number of hydrogen-bond donors (Lipinski definition) is 3. The molecule has 2 rings (SSSR count).